The number of para-hydroxylation sites is 1. The first-order valence-electron chi connectivity index (χ1n) is 12.6. The first kappa shape index (κ1) is 24.5. The van der Waals surface area contributed by atoms with Gasteiger partial charge in [0.1, 0.15) is 5.82 Å². The second-order valence-corrected chi connectivity index (χ2v) is 9.79. The fourth-order valence-electron chi connectivity index (χ4n) is 5.02. The van der Waals surface area contributed by atoms with Crippen molar-refractivity contribution in [3.8, 4) is 5.69 Å². The number of rotatable bonds is 9. The van der Waals surface area contributed by atoms with Gasteiger partial charge in [0, 0.05) is 17.5 Å². The highest BCUT2D eigenvalue weighted by Gasteiger charge is 2.32. The molecule has 2 aromatic carbocycles. The summed E-state index contributed by atoms with van der Waals surface area (Å²) in [7, 11) is 0. The van der Waals surface area contributed by atoms with Crippen molar-refractivity contribution >= 4 is 28.4 Å². The van der Waals surface area contributed by atoms with Crippen LogP contribution < -0.4 is 5.56 Å². The Bertz CT molecular complexity index is 1180. The number of nitrogens with zero attached hydrogens (tertiary/aromatic N) is 3. The average molecular weight is 480 g/mol. The van der Waals surface area contributed by atoms with Crippen molar-refractivity contribution in [1.29, 1.82) is 0 Å². The molecule has 1 unspecified atom stereocenters. The molecule has 1 aromatic heterocycles. The van der Waals surface area contributed by atoms with Crippen LogP contribution in [0.5, 0.6) is 0 Å². The Morgan fingerprint density at radius 1 is 1.09 bits per heavy atom. The van der Waals surface area contributed by atoms with Crippen LogP contribution in [0.2, 0.25) is 5.02 Å². The molecule has 0 N–H and O–H groups in total. The molecule has 4 rings (SSSR count). The van der Waals surface area contributed by atoms with E-state index in [1.54, 1.807) is 22.8 Å². The maximum absolute atomic E-state index is 13.7. The molecule has 1 atom stereocenters. The van der Waals surface area contributed by atoms with E-state index in [9.17, 15) is 9.59 Å². The first-order chi connectivity index (χ1) is 16.5. The monoisotopic (exact) mass is 479 g/mol. The van der Waals surface area contributed by atoms with Crippen molar-refractivity contribution in [2.45, 2.75) is 71.3 Å². The van der Waals surface area contributed by atoms with Gasteiger partial charge in [-0.15, -0.1) is 0 Å². The van der Waals surface area contributed by atoms with Crippen LogP contribution in [0, 0.1) is 5.92 Å². The molecule has 1 aliphatic rings. The van der Waals surface area contributed by atoms with E-state index in [2.05, 4.69) is 6.92 Å². The number of hydrogen-bond donors (Lipinski definition) is 0. The van der Waals surface area contributed by atoms with Gasteiger partial charge < -0.3 is 4.90 Å². The van der Waals surface area contributed by atoms with Crippen molar-refractivity contribution in [1.82, 2.24) is 14.5 Å². The Kier molecular flexibility index (Phi) is 8.04. The largest absolute Gasteiger partial charge is 0.333 e. The number of unbranched alkanes of at least 4 members (excludes halogenated alkanes) is 3. The van der Waals surface area contributed by atoms with Crippen molar-refractivity contribution < 1.29 is 4.79 Å². The summed E-state index contributed by atoms with van der Waals surface area (Å²) in [5.41, 5.74) is 1.22. The third-order valence-electron chi connectivity index (χ3n) is 6.97. The molecule has 6 heteroatoms. The fourth-order valence-corrected chi connectivity index (χ4v) is 5.15. The summed E-state index contributed by atoms with van der Waals surface area (Å²) >= 11 is 6.13. The van der Waals surface area contributed by atoms with Crippen LogP contribution in [0.15, 0.2) is 53.3 Å². The van der Waals surface area contributed by atoms with Gasteiger partial charge in [-0.3, -0.25) is 14.2 Å². The van der Waals surface area contributed by atoms with E-state index in [0.29, 0.717) is 34.0 Å². The maximum atomic E-state index is 13.7. The highest BCUT2D eigenvalue weighted by molar-refractivity contribution is 6.30. The second-order valence-electron chi connectivity index (χ2n) is 9.35. The summed E-state index contributed by atoms with van der Waals surface area (Å²) < 4.78 is 1.66. The highest BCUT2D eigenvalue weighted by Crippen LogP contribution is 2.31. The van der Waals surface area contributed by atoms with E-state index < -0.39 is 0 Å². The van der Waals surface area contributed by atoms with Crippen LogP contribution in [-0.4, -0.2) is 26.9 Å². The van der Waals surface area contributed by atoms with Crippen molar-refractivity contribution in [2.24, 2.45) is 5.92 Å². The van der Waals surface area contributed by atoms with Crippen LogP contribution >= 0.6 is 11.6 Å². The molecule has 1 amide bonds. The molecule has 0 spiro atoms. The first-order valence-corrected chi connectivity index (χ1v) is 13.0. The Balaban J connectivity index is 1.80. The topological polar surface area (TPSA) is 55.2 Å². The molecule has 1 saturated carbocycles. The van der Waals surface area contributed by atoms with E-state index in [0.717, 1.165) is 51.4 Å². The highest BCUT2D eigenvalue weighted by atomic mass is 35.5. The van der Waals surface area contributed by atoms with Gasteiger partial charge in [-0.05, 0) is 62.6 Å². The van der Waals surface area contributed by atoms with Crippen LogP contribution in [0.25, 0.3) is 16.6 Å². The number of benzene rings is 2. The summed E-state index contributed by atoms with van der Waals surface area (Å²) in [6.45, 7) is 4.88. The summed E-state index contributed by atoms with van der Waals surface area (Å²) in [5, 5.41) is 1.17. The predicted octanol–water partition coefficient (Wildman–Crippen LogP) is 6.70. The molecule has 3 aromatic rings. The number of amides is 1. The molecule has 0 saturated heterocycles. The van der Waals surface area contributed by atoms with Crippen LogP contribution in [0.1, 0.15) is 77.1 Å². The van der Waals surface area contributed by atoms with Gasteiger partial charge in [0.15, 0.2) is 0 Å². The molecule has 1 fully saturated rings. The van der Waals surface area contributed by atoms with E-state index in [1.807, 2.05) is 42.2 Å². The van der Waals surface area contributed by atoms with E-state index in [-0.39, 0.29) is 23.4 Å². The number of halogens is 1. The zero-order valence-electron chi connectivity index (χ0n) is 20.2. The molecule has 0 bridgehead atoms. The smallest absolute Gasteiger partial charge is 0.266 e. The van der Waals surface area contributed by atoms with Gasteiger partial charge in [0.2, 0.25) is 5.91 Å². The minimum atomic E-state index is -0.331. The minimum Gasteiger partial charge on any atom is -0.333 e. The third-order valence-corrected chi connectivity index (χ3v) is 7.22. The maximum Gasteiger partial charge on any atom is 0.266 e. The standard InChI is InChI=1S/C28H34ClN3O2/c1-3-4-5-10-19-31(27(33)21-11-6-7-12-21)20(2)26-30-25-14-9-8-13-24(25)28(34)32(26)23-17-15-22(29)16-18-23/h8-9,13-18,20-21H,3-7,10-12,19H2,1-2H3. The Morgan fingerprint density at radius 3 is 2.50 bits per heavy atom. The molecule has 5 nitrogen and oxygen atoms in total. The van der Waals surface area contributed by atoms with E-state index in [4.69, 9.17) is 16.6 Å². The Labute approximate surface area is 206 Å². The molecular formula is C28H34ClN3O2. The molecule has 180 valence electrons. The Hall–Kier alpha value is -2.66. The van der Waals surface area contributed by atoms with Gasteiger partial charge in [-0.1, -0.05) is 62.8 Å². The second kappa shape index (κ2) is 11.2. The molecule has 1 heterocycles. The molecule has 34 heavy (non-hydrogen) atoms. The number of carbonyl (C=O) groups is 1. The lowest BCUT2D eigenvalue weighted by Gasteiger charge is -2.32. The summed E-state index contributed by atoms with van der Waals surface area (Å²) in [5.74, 6) is 0.865. The zero-order chi connectivity index (χ0) is 24.1. The van der Waals surface area contributed by atoms with Crippen LogP contribution in [0.4, 0.5) is 0 Å². The lowest BCUT2D eigenvalue weighted by atomic mass is 10.0. The normalized spacial score (nSPS) is 15.0. The molecule has 0 aliphatic heterocycles. The summed E-state index contributed by atoms with van der Waals surface area (Å²) in [4.78, 5) is 34.3. The van der Waals surface area contributed by atoms with E-state index >= 15 is 0 Å². The quantitative estimate of drug-likeness (QED) is 0.321. The number of hydrogen-bond acceptors (Lipinski definition) is 3. The summed E-state index contributed by atoms with van der Waals surface area (Å²) in [6, 6.07) is 14.3. The number of fused-ring (bicyclic) bond motifs is 1. The lowest BCUT2D eigenvalue weighted by Crippen LogP contribution is -2.40. The predicted molar refractivity (Wildman–Crippen MR) is 139 cm³/mol. The van der Waals surface area contributed by atoms with Gasteiger partial charge in [0.05, 0.1) is 22.6 Å². The third kappa shape index (κ3) is 5.20. The van der Waals surface area contributed by atoms with E-state index in [1.165, 1.54) is 0 Å². The van der Waals surface area contributed by atoms with Crippen LogP contribution in [0.3, 0.4) is 0 Å². The summed E-state index contributed by atoms with van der Waals surface area (Å²) in [6.07, 6.45) is 8.47. The fraction of sp³-hybridized carbons (Fsp3) is 0.464. The SMILES string of the molecule is CCCCCCN(C(=O)C1CCCC1)C(C)c1nc2ccccc2c(=O)n1-c1ccc(Cl)cc1. The molecule has 1 aliphatic carbocycles. The zero-order valence-corrected chi connectivity index (χ0v) is 20.9. The van der Waals surface area contributed by atoms with Crippen molar-refractivity contribution in [3.05, 3.63) is 69.7 Å². The van der Waals surface area contributed by atoms with Crippen molar-refractivity contribution in [2.75, 3.05) is 6.54 Å². The Morgan fingerprint density at radius 2 is 1.79 bits per heavy atom. The van der Waals surface area contributed by atoms with Gasteiger partial charge in [-0.25, -0.2) is 4.98 Å². The minimum absolute atomic E-state index is 0.0739. The average Bonchev–Trinajstić information content (AvgIpc) is 3.39. The number of aromatic nitrogens is 2. The van der Waals surface area contributed by atoms with Gasteiger partial charge in [0.25, 0.3) is 5.56 Å². The van der Waals surface area contributed by atoms with Gasteiger partial charge in [-0.2, -0.15) is 0 Å². The number of carbonyl (C=O) groups excluding carboxylic acids is 1. The van der Waals surface area contributed by atoms with Crippen LogP contribution in [-0.2, 0) is 4.79 Å². The van der Waals surface area contributed by atoms with Crippen molar-refractivity contribution in [3.63, 3.8) is 0 Å². The molecular weight excluding hydrogens is 446 g/mol. The van der Waals surface area contributed by atoms with Gasteiger partial charge >= 0.3 is 0 Å². The molecule has 0 radical (unpaired) electrons. The lowest BCUT2D eigenvalue weighted by molar-refractivity contribution is -0.137.